The van der Waals surface area contributed by atoms with Crippen molar-refractivity contribution in [2.75, 3.05) is 13.6 Å². The molecule has 2 atom stereocenters. The van der Waals surface area contributed by atoms with E-state index in [1.807, 2.05) is 13.8 Å². The molecule has 0 spiro atoms. The highest BCUT2D eigenvalue weighted by atomic mass is 16.3. The Morgan fingerprint density at radius 3 is 2.28 bits per heavy atom. The third kappa shape index (κ3) is 7.11. The average Bonchev–Trinajstić information content (AvgIpc) is 2.22. The Kier molecular flexibility index (Phi) is 7.35. The van der Waals surface area contributed by atoms with Gasteiger partial charge in [0.05, 0.1) is 6.10 Å². The zero-order chi connectivity index (χ0) is 14.3. The molecule has 3 amide bonds. The van der Waals surface area contributed by atoms with Crippen molar-refractivity contribution < 1.29 is 14.7 Å². The van der Waals surface area contributed by atoms with Crippen molar-refractivity contribution in [1.29, 1.82) is 0 Å². The van der Waals surface area contributed by atoms with E-state index in [-0.39, 0.29) is 11.8 Å². The summed E-state index contributed by atoms with van der Waals surface area (Å²) in [7, 11) is 1.65. The number of carbonyl (C=O) groups excluding carboxylic acids is 2. The molecule has 0 aliphatic heterocycles. The second-order valence-corrected chi connectivity index (χ2v) is 5.09. The van der Waals surface area contributed by atoms with Crippen LogP contribution in [-0.4, -0.2) is 47.7 Å². The molecule has 0 aromatic rings. The Labute approximate surface area is 109 Å². The second kappa shape index (κ2) is 7.92. The van der Waals surface area contributed by atoms with Crippen molar-refractivity contribution in [3.63, 3.8) is 0 Å². The lowest BCUT2D eigenvalue weighted by molar-refractivity contribution is -0.132. The first-order valence-corrected chi connectivity index (χ1v) is 6.23. The van der Waals surface area contributed by atoms with Gasteiger partial charge in [0.1, 0.15) is 6.04 Å². The van der Waals surface area contributed by atoms with Crippen LogP contribution in [0.15, 0.2) is 0 Å². The summed E-state index contributed by atoms with van der Waals surface area (Å²) < 4.78 is 0. The predicted molar refractivity (Wildman–Crippen MR) is 69.9 cm³/mol. The molecule has 0 saturated heterocycles. The molecule has 4 N–H and O–H groups in total. The van der Waals surface area contributed by atoms with Crippen molar-refractivity contribution in [2.24, 2.45) is 11.7 Å². The number of nitrogens with zero attached hydrogens (tertiary/aromatic N) is 1. The fourth-order valence-electron chi connectivity index (χ4n) is 1.62. The monoisotopic (exact) mass is 259 g/mol. The standard InChI is InChI=1S/C12H25N3O3/c1-8(2)7-10(14-12(13)18)11(17)15(4)6-5-9(3)16/h8-10,16H,5-7H2,1-4H3,(H3,13,14,18). The molecule has 0 aromatic carbocycles. The number of urea groups is 1. The summed E-state index contributed by atoms with van der Waals surface area (Å²) in [5.74, 6) is 0.0964. The van der Waals surface area contributed by atoms with Crippen LogP contribution in [0.3, 0.4) is 0 Å². The second-order valence-electron chi connectivity index (χ2n) is 5.09. The van der Waals surface area contributed by atoms with Crippen molar-refractivity contribution in [3.8, 4) is 0 Å². The lowest BCUT2D eigenvalue weighted by atomic mass is 10.0. The highest BCUT2D eigenvalue weighted by Gasteiger charge is 2.24. The number of hydrogen-bond donors (Lipinski definition) is 3. The number of primary amides is 1. The van der Waals surface area contributed by atoms with Crippen molar-refractivity contribution in [3.05, 3.63) is 0 Å². The molecule has 6 nitrogen and oxygen atoms in total. The minimum atomic E-state index is -0.696. The molecule has 0 bridgehead atoms. The van der Waals surface area contributed by atoms with Crippen LogP contribution in [0.2, 0.25) is 0 Å². The summed E-state index contributed by atoms with van der Waals surface area (Å²) in [6, 6.07) is -1.29. The Bertz CT molecular complexity index is 280. The maximum Gasteiger partial charge on any atom is 0.312 e. The number of aliphatic hydroxyl groups excluding tert-OH is 1. The van der Waals surface area contributed by atoms with Gasteiger partial charge in [0.2, 0.25) is 5.91 Å². The SMILES string of the molecule is CC(C)CC(NC(N)=O)C(=O)N(C)CCC(C)O. The van der Waals surface area contributed by atoms with E-state index in [0.29, 0.717) is 19.4 Å². The van der Waals surface area contributed by atoms with Crippen molar-refractivity contribution in [1.82, 2.24) is 10.2 Å². The van der Waals surface area contributed by atoms with E-state index in [2.05, 4.69) is 5.32 Å². The van der Waals surface area contributed by atoms with Gasteiger partial charge in [0.15, 0.2) is 0 Å². The highest BCUT2D eigenvalue weighted by Crippen LogP contribution is 2.08. The number of nitrogens with one attached hydrogen (secondary N) is 1. The third-order valence-corrected chi connectivity index (χ3v) is 2.58. The predicted octanol–water partition coefficient (Wildman–Crippen LogP) is 0.299. The zero-order valence-corrected chi connectivity index (χ0v) is 11.6. The lowest BCUT2D eigenvalue weighted by Crippen LogP contribution is -2.50. The van der Waals surface area contributed by atoms with Crippen LogP contribution in [0.5, 0.6) is 0 Å². The molecular formula is C12H25N3O3. The van der Waals surface area contributed by atoms with E-state index in [1.54, 1.807) is 14.0 Å². The molecule has 0 aromatic heterocycles. The van der Waals surface area contributed by atoms with Crippen LogP contribution < -0.4 is 11.1 Å². The van der Waals surface area contributed by atoms with Crippen LogP contribution in [0.25, 0.3) is 0 Å². The molecule has 0 saturated carbocycles. The summed E-state index contributed by atoms with van der Waals surface area (Å²) >= 11 is 0. The van der Waals surface area contributed by atoms with Crippen LogP contribution in [0, 0.1) is 5.92 Å². The van der Waals surface area contributed by atoms with E-state index in [4.69, 9.17) is 5.73 Å². The smallest absolute Gasteiger partial charge is 0.312 e. The van der Waals surface area contributed by atoms with Crippen molar-refractivity contribution >= 4 is 11.9 Å². The fraction of sp³-hybridized carbons (Fsp3) is 0.833. The molecule has 0 heterocycles. The van der Waals surface area contributed by atoms with Gasteiger partial charge >= 0.3 is 6.03 Å². The molecule has 0 rings (SSSR count). The Morgan fingerprint density at radius 2 is 1.89 bits per heavy atom. The van der Waals surface area contributed by atoms with E-state index in [9.17, 15) is 14.7 Å². The van der Waals surface area contributed by atoms with Crippen LogP contribution in [0.1, 0.15) is 33.6 Å². The first kappa shape index (κ1) is 16.7. The maximum atomic E-state index is 12.1. The summed E-state index contributed by atoms with van der Waals surface area (Å²) in [5.41, 5.74) is 5.07. The van der Waals surface area contributed by atoms with E-state index in [1.165, 1.54) is 4.90 Å². The normalized spacial score (nSPS) is 14.1. The number of hydrogen-bond acceptors (Lipinski definition) is 3. The fourth-order valence-corrected chi connectivity index (χ4v) is 1.62. The number of carbonyl (C=O) groups is 2. The number of aliphatic hydroxyl groups is 1. The minimum absolute atomic E-state index is 0.178. The average molecular weight is 259 g/mol. The highest BCUT2D eigenvalue weighted by molar-refractivity contribution is 5.86. The maximum absolute atomic E-state index is 12.1. The molecule has 0 aliphatic carbocycles. The topological polar surface area (TPSA) is 95.7 Å². The number of rotatable bonds is 7. The molecule has 0 aliphatic rings. The molecule has 0 radical (unpaired) electrons. The van der Waals surface area contributed by atoms with Gasteiger partial charge in [0, 0.05) is 13.6 Å². The quantitative estimate of drug-likeness (QED) is 0.613. The molecular weight excluding hydrogens is 234 g/mol. The summed E-state index contributed by atoms with van der Waals surface area (Å²) in [6.07, 6.45) is 0.599. The Morgan fingerprint density at radius 1 is 1.33 bits per heavy atom. The van der Waals surface area contributed by atoms with Crippen molar-refractivity contribution in [2.45, 2.75) is 45.8 Å². The lowest BCUT2D eigenvalue weighted by Gasteiger charge is -2.25. The number of likely N-dealkylation sites (N-methyl/N-ethyl adjacent to an activating group) is 1. The molecule has 6 heteroatoms. The summed E-state index contributed by atoms with van der Waals surface area (Å²) in [5, 5.41) is 11.6. The van der Waals surface area contributed by atoms with Gasteiger partial charge in [-0.15, -0.1) is 0 Å². The third-order valence-electron chi connectivity index (χ3n) is 2.58. The largest absolute Gasteiger partial charge is 0.393 e. The molecule has 0 fully saturated rings. The van der Waals surface area contributed by atoms with Gasteiger partial charge in [-0.05, 0) is 25.7 Å². The zero-order valence-electron chi connectivity index (χ0n) is 11.6. The van der Waals surface area contributed by atoms with Gasteiger partial charge in [-0.1, -0.05) is 13.8 Å². The van der Waals surface area contributed by atoms with Gasteiger partial charge in [-0.3, -0.25) is 4.79 Å². The first-order valence-electron chi connectivity index (χ1n) is 6.23. The van der Waals surface area contributed by atoms with E-state index >= 15 is 0 Å². The summed E-state index contributed by atoms with van der Waals surface area (Å²) in [4.78, 5) is 24.5. The number of amides is 3. The van der Waals surface area contributed by atoms with Crippen LogP contribution in [0.4, 0.5) is 4.79 Å². The minimum Gasteiger partial charge on any atom is -0.393 e. The van der Waals surface area contributed by atoms with E-state index in [0.717, 1.165) is 0 Å². The number of nitrogens with two attached hydrogens (primary N) is 1. The Hall–Kier alpha value is -1.30. The van der Waals surface area contributed by atoms with Crippen LogP contribution in [-0.2, 0) is 4.79 Å². The first-order chi connectivity index (χ1) is 8.23. The summed E-state index contributed by atoms with van der Waals surface area (Å²) in [6.45, 7) is 6.06. The van der Waals surface area contributed by atoms with Gasteiger partial charge < -0.3 is 21.1 Å². The molecule has 2 unspecified atom stereocenters. The Balaban J connectivity index is 4.47. The van der Waals surface area contributed by atoms with E-state index < -0.39 is 18.2 Å². The molecule has 106 valence electrons. The van der Waals surface area contributed by atoms with Gasteiger partial charge in [-0.2, -0.15) is 0 Å². The van der Waals surface area contributed by atoms with Gasteiger partial charge in [-0.25, -0.2) is 4.79 Å². The van der Waals surface area contributed by atoms with Crippen LogP contribution >= 0.6 is 0 Å². The van der Waals surface area contributed by atoms with Gasteiger partial charge in [0.25, 0.3) is 0 Å². The molecule has 18 heavy (non-hydrogen) atoms.